The third-order valence-electron chi connectivity index (χ3n) is 4.01. The highest BCUT2D eigenvalue weighted by Gasteiger charge is 2.29. The number of hydrogen-bond donors (Lipinski definition) is 1. The molecule has 1 fully saturated rings. The molecule has 5 heteroatoms. The molecular weight excluding hydrogens is 290 g/mol. The van der Waals surface area contributed by atoms with E-state index in [2.05, 4.69) is 10.3 Å². The van der Waals surface area contributed by atoms with Crippen LogP contribution in [-0.2, 0) is 0 Å². The first-order chi connectivity index (χ1) is 11.3. The lowest BCUT2D eigenvalue weighted by Crippen LogP contribution is -2.41. The number of carbonyl (C=O) groups excluding carboxylic acids is 1. The largest absolute Gasteiger partial charge is 0.457 e. The number of amides is 1. The van der Waals surface area contributed by atoms with Crippen LogP contribution in [-0.4, -0.2) is 42.0 Å². The molecule has 120 valence electrons. The Morgan fingerprint density at radius 2 is 2.13 bits per heavy atom. The fraction of sp³-hybridized carbons (Fsp3) is 0.333. The lowest BCUT2D eigenvalue weighted by atomic mass is 10.2. The summed E-state index contributed by atoms with van der Waals surface area (Å²) < 4.78 is 5.78. The van der Waals surface area contributed by atoms with Crippen molar-refractivity contribution in [3.8, 4) is 11.5 Å². The zero-order valence-electron chi connectivity index (χ0n) is 13.2. The molecule has 0 aliphatic carbocycles. The number of benzene rings is 1. The normalized spacial score (nSPS) is 17.3. The van der Waals surface area contributed by atoms with Crippen molar-refractivity contribution in [1.82, 2.24) is 15.2 Å². The van der Waals surface area contributed by atoms with Gasteiger partial charge in [0.2, 0.25) is 0 Å². The highest BCUT2D eigenvalue weighted by molar-refractivity contribution is 5.93. The molecule has 0 radical (unpaired) electrons. The molecule has 23 heavy (non-hydrogen) atoms. The minimum atomic E-state index is -0.0266. The first kappa shape index (κ1) is 15.5. The van der Waals surface area contributed by atoms with E-state index in [0.717, 1.165) is 31.7 Å². The lowest BCUT2D eigenvalue weighted by Gasteiger charge is -2.24. The number of nitrogens with one attached hydrogen (secondary N) is 1. The highest BCUT2D eigenvalue weighted by atomic mass is 16.5. The number of likely N-dealkylation sites (tertiary alicyclic amines) is 1. The van der Waals surface area contributed by atoms with Crippen molar-refractivity contribution in [2.24, 2.45) is 0 Å². The van der Waals surface area contributed by atoms with Crippen LogP contribution in [0.25, 0.3) is 0 Å². The topological polar surface area (TPSA) is 54.5 Å². The van der Waals surface area contributed by atoms with Gasteiger partial charge in [0.05, 0.1) is 0 Å². The summed E-state index contributed by atoms with van der Waals surface area (Å²) in [6.45, 7) is 1.60. The fourth-order valence-electron chi connectivity index (χ4n) is 2.91. The van der Waals surface area contributed by atoms with Crippen molar-refractivity contribution in [2.75, 3.05) is 20.1 Å². The van der Waals surface area contributed by atoms with Crippen LogP contribution in [0.15, 0.2) is 48.7 Å². The van der Waals surface area contributed by atoms with Gasteiger partial charge in [0.15, 0.2) is 0 Å². The quantitative estimate of drug-likeness (QED) is 0.922. The molecule has 1 saturated heterocycles. The molecule has 1 aromatic carbocycles. The van der Waals surface area contributed by atoms with Gasteiger partial charge in [0.25, 0.3) is 5.91 Å². The number of likely N-dealkylation sites (N-methyl/N-ethyl adjacent to an activating group) is 1. The predicted octanol–water partition coefficient (Wildman–Crippen LogP) is 2.70. The summed E-state index contributed by atoms with van der Waals surface area (Å²) >= 11 is 0. The molecule has 5 nitrogen and oxygen atoms in total. The van der Waals surface area contributed by atoms with Gasteiger partial charge in [-0.25, -0.2) is 0 Å². The number of nitrogens with zero attached hydrogens (tertiary/aromatic N) is 2. The van der Waals surface area contributed by atoms with E-state index in [1.807, 2.05) is 42.3 Å². The summed E-state index contributed by atoms with van der Waals surface area (Å²) in [5.74, 6) is 1.34. The Labute approximate surface area is 136 Å². The number of carbonyl (C=O) groups is 1. The molecular formula is C18H21N3O2. The average Bonchev–Trinajstić information content (AvgIpc) is 3.04. The molecule has 2 heterocycles. The van der Waals surface area contributed by atoms with E-state index in [1.54, 1.807) is 18.3 Å². The van der Waals surface area contributed by atoms with Gasteiger partial charge in [-0.1, -0.05) is 18.2 Å². The Kier molecular flexibility index (Phi) is 4.88. The Bertz CT molecular complexity index is 660. The second kappa shape index (κ2) is 7.24. The molecule has 3 rings (SSSR count). The van der Waals surface area contributed by atoms with Gasteiger partial charge in [-0.2, -0.15) is 0 Å². The van der Waals surface area contributed by atoms with Gasteiger partial charge < -0.3 is 15.0 Å². The molecule has 1 N–H and O–H groups in total. The van der Waals surface area contributed by atoms with Gasteiger partial charge in [0.1, 0.15) is 17.2 Å². The van der Waals surface area contributed by atoms with Crippen molar-refractivity contribution in [3.05, 3.63) is 54.4 Å². The number of hydrogen-bond acceptors (Lipinski definition) is 4. The SMILES string of the molecule is CNC[C@H]1CCCN1C(=O)c1cc(Oc2ccccc2)ccn1. The van der Waals surface area contributed by atoms with Crippen LogP contribution in [0.4, 0.5) is 0 Å². The van der Waals surface area contributed by atoms with E-state index in [4.69, 9.17) is 4.74 Å². The van der Waals surface area contributed by atoms with Gasteiger partial charge in [-0.15, -0.1) is 0 Å². The third kappa shape index (κ3) is 3.68. The number of para-hydroxylation sites is 1. The van der Waals surface area contributed by atoms with Gasteiger partial charge >= 0.3 is 0 Å². The second-order valence-electron chi connectivity index (χ2n) is 5.64. The Morgan fingerprint density at radius 3 is 2.91 bits per heavy atom. The van der Waals surface area contributed by atoms with Crippen molar-refractivity contribution in [2.45, 2.75) is 18.9 Å². The zero-order valence-corrected chi connectivity index (χ0v) is 13.2. The molecule has 1 aliphatic heterocycles. The molecule has 1 amide bonds. The Balaban J connectivity index is 1.75. The number of rotatable bonds is 5. The first-order valence-electron chi connectivity index (χ1n) is 7.92. The van der Waals surface area contributed by atoms with Crippen LogP contribution in [0, 0.1) is 0 Å². The minimum Gasteiger partial charge on any atom is -0.457 e. The van der Waals surface area contributed by atoms with E-state index in [1.165, 1.54) is 0 Å². The predicted molar refractivity (Wildman–Crippen MR) is 88.7 cm³/mol. The highest BCUT2D eigenvalue weighted by Crippen LogP contribution is 2.23. The van der Waals surface area contributed by atoms with Crippen molar-refractivity contribution in [1.29, 1.82) is 0 Å². The molecule has 0 spiro atoms. The summed E-state index contributed by atoms with van der Waals surface area (Å²) in [4.78, 5) is 18.9. The van der Waals surface area contributed by atoms with Crippen LogP contribution >= 0.6 is 0 Å². The maximum Gasteiger partial charge on any atom is 0.272 e. The van der Waals surface area contributed by atoms with Crippen LogP contribution in [0.5, 0.6) is 11.5 Å². The molecule has 1 atom stereocenters. The van der Waals surface area contributed by atoms with E-state index in [-0.39, 0.29) is 11.9 Å². The summed E-state index contributed by atoms with van der Waals surface area (Å²) in [6, 6.07) is 13.2. The molecule has 0 unspecified atom stereocenters. The maximum atomic E-state index is 12.7. The summed E-state index contributed by atoms with van der Waals surface area (Å²) in [5.41, 5.74) is 0.432. The average molecular weight is 311 g/mol. The van der Waals surface area contributed by atoms with E-state index in [9.17, 15) is 4.79 Å². The number of ether oxygens (including phenoxy) is 1. The van der Waals surface area contributed by atoms with Gasteiger partial charge in [0, 0.05) is 31.4 Å². The summed E-state index contributed by atoms with van der Waals surface area (Å²) in [7, 11) is 1.91. The van der Waals surface area contributed by atoms with E-state index < -0.39 is 0 Å². The molecule has 1 aliphatic rings. The van der Waals surface area contributed by atoms with Crippen molar-refractivity contribution >= 4 is 5.91 Å². The lowest BCUT2D eigenvalue weighted by molar-refractivity contribution is 0.0730. The first-order valence-corrected chi connectivity index (χ1v) is 7.92. The minimum absolute atomic E-state index is 0.0266. The van der Waals surface area contributed by atoms with Gasteiger partial charge in [-0.05, 0) is 38.1 Å². The van der Waals surface area contributed by atoms with Gasteiger partial charge in [-0.3, -0.25) is 9.78 Å². The standard InChI is InChI=1S/C18H21N3O2/c1-19-13-14-6-5-11-21(14)18(22)17-12-16(9-10-20-17)23-15-7-3-2-4-8-15/h2-4,7-10,12,14,19H,5-6,11,13H2,1H3/t14-/m1/s1. The summed E-state index contributed by atoms with van der Waals surface area (Å²) in [6.07, 6.45) is 3.69. The van der Waals surface area contributed by atoms with E-state index in [0.29, 0.717) is 11.4 Å². The maximum absolute atomic E-state index is 12.7. The molecule has 0 saturated carbocycles. The number of pyridine rings is 1. The molecule has 1 aromatic heterocycles. The van der Waals surface area contributed by atoms with Crippen LogP contribution in [0.2, 0.25) is 0 Å². The van der Waals surface area contributed by atoms with Crippen LogP contribution < -0.4 is 10.1 Å². The molecule has 2 aromatic rings. The monoisotopic (exact) mass is 311 g/mol. The Morgan fingerprint density at radius 1 is 1.30 bits per heavy atom. The second-order valence-corrected chi connectivity index (χ2v) is 5.64. The Hall–Kier alpha value is -2.40. The molecule has 0 bridgehead atoms. The van der Waals surface area contributed by atoms with Crippen LogP contribution in [0.1, 0.15) is 23.3 Å². The fourth-order valence-corrected chi connectivity index (χ4v) is 2.91. The van der Waals surface area contributed by atoms with Crippen LogP contribution in [0.3, 0.4) is 0 Å². The zero-order chi connectivity index (χ0) is 16.1. The number of aromatic nitrogens is 1. The third-order valence-corrected chi connectivity index (χ3v) is 4.01. The van der Waals surface area contributed by atoms with E-state index >= 15 is 0 Å². The van der Waals surface area contributed by atoms with Crippen molar-refractivity contribution < 1.29 is 9.53 Å². The smallest absolute Gasteiger partial charge is 0.272 e. The summed E-state index contributed by atoms with van der Waals surface area (Å²) in [5, 5.41) is 3.15. The van der Waals surface area contributed by atoms with Crippen molar-refractivity contribution in [3.63, 3.8) is 0 Å².